The minimum absolute atomic E-state index is 0.0644. The van der Waals surface area contributed by atoms with Crippen molar-refractivity contribution in [1.82, 2.24) is 15.0 Å². The molecule has 0 radical (unpaired) electrons. The molecule has 0 amide bonds. The summed E-state index contributed by atoms with van der Waals surface area (Å²) >= 11 is 0. The van der Waals surface area contributed by atoms with Crippen LogP contribution in [0.25, 0.3) is 11.3 Å². The van der Waals surface area contributed by atoms with E-state index in [4.69, 9.17) is 10.2 Å². The van der Waals surface area contributed by atoms with Crippen molar-refractivity contribution in [3.8, 4) is 11.3 Å². The highest BCUT2D eigenvalue weighted by atomic mass is 19.1. The molecule has 0 aliphatic heterocycles. The second-order valence-corrected chi connectivity index (χ2v) is 4.32. The van der Waals surface area contributed by atoms with E-state index >= 15 is 0 Å². The van der Waals surface area contributed by atoms with Crippen LogP contribution < -0.4 is 0 Å². The van der Waals surface area contributed by atoms with Gasteiger partial charge in [-0.05, 0) is 30.7 Å². The van der Waals surface area contributed by atoms with Gasteiger partial charge < -0.3 is 10.2 Å². The maximum Gasteiger partial charge on any atom is 0.358 e. The smallest absolute Gasteiger partial charge is 0.358 e. The highest BCUT2D eigenvalue weighted by Crippen LogP contribution is 2.23. The average Bonchev–Trinajstić information content (AvgIpc) is 2.83. The molecule has 8 heteroatoms. The van der Waals surface area contributed by atoms with Gasteiger partial charge in [-0.25, -0.2) is 13.9 Å². The van der Waals surface area contributed by atoms with Gasteiger partial charge in [0, 0.05) is 18.5 Å². The lowest BCUT2D eigenvalue weighted by atomic mass is 10.1. The van der Waals surface area contributed by atoms with Crippen LogP contribution in [0.5, 0.6) is 0 Å². The van der Waals surface area contributed by atoms with E-state index in [2.05, 4.69) is 10.3 Å². The molecule has 2 N–H and O–H groups in total. The first-order chi connectivity index (χ1) is 9.99. The Hall–Kier alpha value is -2.77. The van der Waals surface area contributed by atoms with Crippen LogP contribution in [0.4, 0.5) is 4.39 Å². The summed E-state index contributed by atoms with van der Waals surface area (Å²) in [6.45, 7) is 0.208. The fourth-order valence-corrected chi connectivity index (χ4v) is 1.89. The number of halogens is 1. The predicted octanol–water partition coefficient (Wildman–Crippen LogP) is 1.65. The SMILES string of the molecule is O=C(O)CCCn1nnc(C(=O)O)c1-c1ccc(F)cc1. The van der Waals surface area contributed by atoms with Gasteiger partial charge in [-0.3, -0.25) is 4.79 Å². The summed E-state index contributed by atoms with van der Waals surface area (Å²) in [4.78, 5) is 21.7. The van der Waals surface area contributed by atoms with E-state index in [-0.39, 0.29) is 30.8 Å². The number of benzene rings is 1. The third-order valence-corrected chi connectivity index (χ3v) is 2.82. The zero-order valence-corrected chi connectivity index (χ0v) is 10.9. The molecule has 2 rings (SSSR count). The number of carbonyl (C=O) groups is 2. The molecular formula is C13H12FN3O4. The molecule has 0 spiro atoms. The van der Waals surface area contributed by atoms with Crippen molar-refractivity contribution in [3.63, 3.8) is 0 Å². The highest BCUT2D eigenvalue weighted by molar-refractivity contribution is 5.92. The van der Waals surface area contributed by atoms with Crippen molar-refractivity contribution in [2.45, 2.75) is 19.4 Å². The zero-order valence-electron chi connectivity index (χ0n) is 10.9. The van der Waals surface area contributed by atoms with Gasteiger partial charge in [0.05, 0.1) is 0 Å². The quantitative estimate of drug-likeness (QED) is 0.839. The van der Waals surface area contributed by atoms with Gasteiger partial charge in [-0.1, -0.05) is 5.21 Å². The number of aryl methyl sites for hydroxylation is 1. The normalized spacial score (nSPS) is 10.5. The van der Waals surface area contributed by atoms with Crippen molar-refractivity contribution in [1.29, 1.82) is 0 Å². The lowest BCUT2D eigenvalue weighted by molar-refractivity contribution is -0.137. The lowest BCUT2D eigenvalue weighted by Crippen LogP contribution is -2.07. The molecule has 0 saturated carbocycles. The third kappa shape index (κ3) is 3.41. The molecule has 1 aromatic heterocycles. The molecule has 0 aliphatic rings. The van der Waals surface area contributed by atoms with Crippen LogP contribution in [-0.4, -0.2) is 37.1 Å². The summed E-state index contributed by atoms with van der Waals surface area (Å²) in [6.07, 6.45) is 0.219. The molecule has 1 aromatic carbocycles. The van der Waals surface area contributed by atoms with E-state index in [1.54, 1.807) is 0 Å². The summed E-state index contributed by atoms with van der Waals surface area (Å²) in [5.74, 6) is -2.64. The van der Waals surface area contributed by atoms with Gasteiger partial charge in [0.25, 0.3) is 0 Å². The number of aliphatic carboxylic acids is 1. The Kier molecular flexibility index (Phi) is 4.27. The second-order valence-electron chi connectivity index (χ2n) is 4.32. The fourth-order valence-electron chi connectivity index (χ4n) is 1.89. The molecule has 0 bridgehead atoms. The Morgan fingerprint density at radius 3 is 2.43 bits per heavy atom. The molecule has 2 aromatic rings. The summed E-state index contributed by atoms with van der Waals surface area (Å²) in [5.41, 5.74) is 0.430. The van der Waals surface area contributed by atoms with E-state index in [9.17, 15) is 14.0 Å². The minimum Gasteiger partial charge on any atom is -0.481 e. The Bertz CT molecular complexity index is 667. The lowest BCUT2D eigenvalue weighted by Gasteiger charge is -2.06. The Morgan fingerprint density at radius 1 is 1.19 bits per heavy atom. The average molecular weight is 293 g/mol. The van der Waals surface area contributed by atoms with Crippen LogP contribution in [-0.2, 0) is 11.3 Å². The van der Waals surface area contributed by atoms with E-state index in [0.717, 1.165) is 0 Å². The molecule has 21 heavy (non-hydrogen) atoms. The van der Waals surface area contributed by atoms with E-state index < -0.39 is 17.8 Å². The van der Waals surface area contributed by atoms with Crippen LogP contribution in [0.3, 0.4) is 0 Å². The standard InChI is InChI=1S/C13H12FN3O4/c14-9-5-3-8(4-6-9)12-11(13(20)21)15-16-17(12)7-1-2-10(18)19/h3-6H,1-2,7H2,(H,18,19)(H,20,21). The maximum absolute atomic E-state index is 13.0. The van der Waals surface area contributed by atoms with Crippen molar-refractivity contribution >= 4 is 11.9 Å². The molecule has 0 fully saturated rings. The number of hydrogen-bond donors (Lipinski definition) is 2. The number of rotatable bonds is 6. The summed E-state index contributed by atoms with van der Waals surface area (Å²) in [7, 11) is 0. The molecular weight excluding hydrogens is 281 g/mol. The van der Waals surface area contributed by atoms with E-state index in [1.807, 2.05) is 0 Å². The first-order valence-electron chi connectivity index (χ1n) is 6.13. The number of carboxylic acid groups (broad SMARTS) is 2. The summed E-state index contributed by atoms with van der Waals surface area (Å²) in [6, 6.07) is 5.26. The molecule has 0 atom stereocenters. The number of carboxylic acids is 2. The highest BCUT2D eigenvalue weighted by Gasteiger charge is 2.20. The first-order valence-corrected chi connectivity index (χ1v) is 6.13. The van der Waals surface area contributed by atoms with Crippen LogP contribution >= 0.6 is 0 Å². The van der Waals surface area contributed by atoms with Crippen molar-refractivity contribution < 1.29 is 24.2 Å². The van der Waals surface area contributed by atoms with Crippen LogP contribution in [0.15, 0.2) is 24.3 Å². The minimum atomic E-state index is -1.25. The largest absolute Gasteiger partial charge is 0.481 e. The topological polar surface area (TPSA) is 105 Å². The van der Waals surface area contributed by atoms with Crippen molar-refractivity contribution in [2.24, 2.45) is 0 Å². The van der Waals surface area contributed by atoms with Crippen LogP contribution in [0, 0.1) is 5.82 Å². The zero-order chi connectivity index (χ0) is 15.4. The molecule has 0 unspecified atom stereocenters. The van der Waals surface area contributed by atoms with Crippen LogP contribution in [0.2, 0.25) is 0 Å². The predicted molar refractivity (Wildman–Crippen MR) is 69.2 cm³/mol. The van der Waals surface area contributed by atoms with Gasteiger partial charge >= 0.3 is 11.9 Å². The van der Waals surface area contributed by atoms with E-state index in [1.165, 1.54) is 28.9 Å². The molecule has 7 nitrogen and oxygen atoms in total. The molecule has 0 aliphatic carbocycles. The second kappa shape index (κ2) is 6.12. The monoisotopic (exact) mass is 293 g/mol. The van der Waals surface area contributed by atoms with E-state index in [0.29, 0.717) is 5.56 Å². The molecule has 1 heterocycles. The number of aromatic carboxylic acids is 1. The van der Waals surface area contributed by atoms with Crippen LogP contribution in [0.1, 0.15) is 23.3 Å². The maximum atomic E-state index is 13.0. The van der Waals surface area contributed by atoms with Gasteiger partial charge in [0.2, 0.25) is 0 Å². The molecule has 0 saturated heterocycles. The first kappa shape index (κ1) is 14.6. The van der Waals surface area contributed by atoms with Gasteiger partial charge in [0.15, 0.2) is 5.69 Å². The van der Waals surface area contributed by atoms with Crippen molar-refractivity contribution in [3.05, 3.63) is 35.8 Å². The third-order valence-electron chi connectivity index (χ3n) is 2.82. The Morgan fingerprint density at radius 2 is 1.86 bits per heavy atom. The number of aromatic nitrogens is 3. The fraction of sp³-hybridized carbons (Fsp3) is 0.231. The summed E-state index contributed by atoms with van der Waals surface area (Å²) < 4.78 is 14.3. The molecule has 110 valence electrons. The van der Waals surface area contributed by atoms with Gasteiger partial charge in [-0.15, -0.1) is 5.10 Å². The van der Waals surface area contributed by atoms with Gasteiger partial charge in [0.1, 0.15) is 11.5 Å². The Labute approximate surface area is 118 Å². The Balaban J connectivity index is 2.35. The van der Waals surface area contributed by atoms with Gasteiger partial charge in [-0.2, -0.15) is 0 Å². The van der Waals surface area contributed by atoms with Crippen molar-refractivity contribution in [2.75, 3.05) is 0 Å². The number of hydrogen-bond acceptors (Lipinski definition) is 4. The number of nitrogens with zero attached hydrogens (tertiary/aromatic N) is 3. The summed E-state index contributed by atoms with van der Waals surface area (Å²) in [5, 5.41) is 25.1.